The number of thioether (sulfide) groups is 1. The van der Waals surface area contributed by atoms with Crippen molar-refractivity contribution in [2.75, 3.05) is 25.2 Å². The molecule has 1 saturated heterocycles. The van der Waals surface area contributed by atoms with Crippen molar-refractivity contribution in [1.82, 2.24) is 5.32 Å². The number of nitrogens with one attached hydrogen (secondary N) is 1. The van der Waals surface area contributed by atoms with E-state index in [4.69, 9.17) is 4.74 Å². The van der Waals surface area contributed by atoms with Crippen molar-refractivity contribution in [3.05, 3.63) is 0 Å². The summed E-state index contributed by atoms with van der Waals surface area (Å²) in [5.41, 5.74) is 0.300. The summed E-state index contributed by atoms with van der Waals surface area (Å²) in [7, 11) is 0. The van der Waals surface area contributed by atoms with Crippen LogP contribution in [0.2, 0.25) is 0 Å². The SMILES string of the molecule is CSCCCCCCNC1CCOC2(CCC2)C1. The van der Waals surface area contributed by atoms with E-state index in [2.05, 4.69) is 11.6 Å². The molecule has 18 heavy (non-hydrogen) atoms. The monoisotopic (exact) mass is 271 g/mol. The Balaban J connectivity index is 1.48. The third-order valence-corrected chi connectivity index (χ3v) is 5.16. The largest absolute Gasteiger partial charge is 0.375 e. The number of hydrogen-bond acceptors (Lipinski definition) is 3. The van der Waals surface area contributed by atoms with E-state index in [1.54, 1.807) is 0 Å². The Morgan fingerprint density at radius 3 is 2.78 bits per heavy atom. The first-order chi connectivity index (χ1) is 8.85. The van der Waals surface area contributed by atoms with Crippen molar-refractivity contribution in [2.24, 2.45) is 0 Å². The first-order valence-corrected chi connectivity index (χ1v) is 9.10. The second-order valence-electron chi connectivity index (χ2n) is 5.94. The quantitative estimate of drug-likeness (QED) is 0.682. The fraction of sp³-hybridized carbons (Fsp3) is 1.00. The molecule has 0 bridgehead atoms. The molecular formula is C15H29NOS. The van der Waals surface area contributed by atoms with Crippen LogP contribution in [0.5, 0.6) is 0 Å². The van der Waals surface area contributed by atoms with Gasteiger partial charge in [-0.15, -0.1) is 0 Å². The molecule has 1 spiro atoms. The van der Waals surface area contributed by atoms with E-state index in [0.29, 0.717) is 5.60 Å². The van der Waals surface area contributed by atoms with Gasteiger partial charge in [0, 0.05) is 12.6 Å². The summed E-state index contributed by atoms with van der Waals surface area (Å²) < 4.78 is 5.96. The van der Waals surface area contributed by atoms with Crippen LogP contribution in [-0.4, -0.2) is 36.8 Å². The van der Waals surface area contributed by atoms with E-state index in [1.165, 1.54) is 70.1 Å². The van der Waals surface area contributed by atoms with Gasteiger partial charge >= 0.3 is 0 Å². The van der Waals surface area contributed by atoms with E-state index in [0.717, 1.165) is 12.6 Å². The average molecular weight is 271 g/mol. The summed E-state index contributed by atoms with van der Waals surface area (Å²) in [6.07, 6.45) is 14.2. The van der Waals surface area contributed by atoms with Crippen LogP contribution in [0, 0.1) is 0 Å². The third kappa shape index (κ3) is 4.43. The number of rotatable bonds is 8. The van der Waals surface area contributed by atoms with E-state index in [-0.39, 0.29) is 0 Å². The van der Waals surface area contributed by atoms with Crippen LogP contribution in [0.25, 0.3) is 0 Å². The standard InChI is InChI=1S/C15H29NOS/c1-18-12-5-3-2-4-10-16-14-7-11-17-15(13-14)8-6-9-15/h14,16H,2-13H2,1H3. The maximum absolute atomic E-state index is 5.96. The van der Waals surface area contributed by atoms with Gasteiger partial charge in [0.25, 0.3) is 0 Å². The number of hydrogen-bond donors (Lipinski definition) is 1. The number of unbranched alkanes of at least 4 members (excludes halogenated alkanes) is 3. The van der Waals surface area contributed by atoms with Gasteiger partial charge in [0.15, 0.2) is 0 Å². The van der Waals surface area contributed by atoms with Crippen LogP contribution in [0.4, 0.5) is 0 Å². The Kier molecular flexibility index (Phi) is 6.33. The third-order valence-electron chi connectivity index (χ3n) is 4.47. The zero-order valence-electron chi connectivity index (χ0n) is 11.9. The molecule has 0 radical (unpaired) electrons. The van der Waals surface area contributed by atoms with Crippen LogP contribution in [0.15, 0.2) is 0 Å². The molecule has 1 atom stereocenters. The van der Waals surface area contributed by atoms with Crippen molar-refractivity contribution in [2.45, 2.75) is 69.4 Å². The number of ether oxygens (including phenoxy) is 1. The highest BCUT2D eigenvalue weighted by atomic mass is 32.2. The van der Waals surface area contributed by atoms with Crippen LogP contribution in [0.3, 0.4) is 0 Å². The zero-order valence-corrected chi connectivity index (χ0v) is 12.7. The Labute approximate surface area is 117 Å². The Bertz CT molecular complexity index is 231. The summed E-state index contributed by atoms with van der Waals surface area (Å²) in [4.78, 5) is 0. The normalized spacial score (nSPS) is 26.2. The lowest BCUT2D eigenvalue weighted by atomic mass is 9.74. The summed E-state index contributed by atoms with van der Waals surface area (Å²) in [5, 5.41) is 3.75. The van der Waals surface area contributed by atoms with Crippen molar-refractivity contribution < 1.29 is 4.74 Å². The minimum absolute atomic E-state index is 0.300. The summed E-state index contributed by atoms with van der Waals surface area (Å²) in [6, 6.07) is 0.727. The lowest BCUT2D eigenvalue weighted by molar-refractivity contribution is -0.135. The van der Waals surface area contributed by atoms with Crippen LogP contribution in [-0.2, 0) is 4.74 Å². The lowest BCUT2D eigenvalue weighted by Gasteiger charge is -2.47. The maximum atomic E-state index is 5.96. The minimum Gasteiger partial charge on any atom is -0.375 e. The molecule has 2 fully saturated rings. The fourth-order valence-electron chi connectivity index (χ4n) is 3.15. The van der Waals surface area contributed by atoms with Crippen LogP contribution < -0.4 is 5.32 Å². The Hall–Kier alpha value is 0.270. The molecule has 106 valence electrons. The smallest absolute Gasteiger partial charge is 0.0697 e. The molecule has 3 heteroatoms. The van der Waals surface area contributed by atoms with Gasteiger partial charge in [-0.2, -0.15) is 11.8 Å². The topological polar surface area (TPSA) is 21.3 Å². The molecule has 1 aliphatic carbocycles. The van der Waals surface area contributed by atoms with E-state index >= 15 is 0 Å². The van der Waals surface area contributed by atoms with Crippen molar-refractivity contribution >= 4 is 11.8 Å². The second kappa shape index (κ2) is 7.76. The summed E-state index contributed by atoms with van der Waals surface area (Å²) in [6.45, 7) is 2.19. The molecule has 1 heterocycles. The molecule has 0 amide bonds. The van der Waals surface area contributed by atoms with Gasteiger partial charge < -0.3 is 10.1 Å². The fourth-order valence-corrected chi connectivity index (χ4v) is 3.65. The Morgan fingerprint density at radius 1 is 1.22 bits per heavy atom. The Morgan fingerprint density at radius 2 is 2.06 bits per heavy atom. The van der Waals surface area contributed by atoms with Crippen molar-refractivity contribution in [3.8, 4) is 0 Å². The highest BCUT2D eigenvalue weighted by Crippen LogP contribution is 2.42. The zero-order chi connectivity index (χ0) is 12.7. The van der Waals surface area contributed by atoms with Crippen LogP contribution >= 0.6 is 11.8 Å². The molecule has 1 unspecified atom stereocenters. The van der Waals surface area contributed by atoms with Crippen LogP contribution in [0.1, 0.15) is 57.8 Å². The molecule has 0 aromatic rings. The van der Waals surface area contributed by atoms with Gasteiger partial charge in [0.05, 0.1) is 5.60 Å². The molecule has 1 N–H and O–H groups in total. The molecule has 2 aliphatic rings. The predicted octanol–water partition coefficient (Wildman–Crippen LogP) is 3.60. The molecule has 1 saturated carbocycles. The van der Waals surface area contributed by atoms with E-state index < -0.39 is 0 Å². The minimum atomic E-state index is 0.300. The van der Waals surface area contributed by atoms with Gasteiger partial charge in [-0.05, 0) is 63.5 Å². The molecular weight excluding hydrogens is 242 g/mol. The van der Waals surface area contributed by atoms with E-state index in [1.807, 2.05) is 11.8 Å². The molecule has 1 aliphatic heterocycles. The van der Waals surface area contributed by atoms with Crippen molar-refractivity contribution in [3.63, 3.8) is 0 Å². The van der Waals surface area contributed by atoms with Gasteiger partial charge in [0.2, 0.25) is 0 Å². The second-order valence-corrected chi connectivity index (χ2v) is 6.92. The van der Waals surface area contributed by atoms with Crippen molar-refractivity contribution in [1.29, 1.82) is 0 Å². The maximum Gasteiger partial charge on any atom is 0.0697 e. The lowest BCUT2D eigenvalue weighted by Crippen LogP contribution is -2.51. The van der Waals surface area contributed by atoms with E-state index in [9.17, 15) is 0 Å². The predicted molar refractivity (Wildman–Crippen MR) is 80.4 cm³/mol. The first kappa shape index (κ1) is 14.7. The van der Waals surface area contributed by atoms with Gasteiger partial charge in [-0.25, -0.2) is 0 Å². The van der Waals surface area contributed by atoms with Gasteiger partial charge in [0.1, 0.15) is 0 Å². The summed E-state index contributed by atoms with van der Waals surface area (Å²) in [5.74, 6) is 1.33. The highest BCUT2D eigenvalue weighted by Gasteiger charge is 2.42. The summed E-state index contributed by atoms with van der Waals surface area (Å²) >= 11 is 1.97. The first-order valence-electron chi connectivity index (χ1n) is 7.71. The molecule has 2 nitrogen and oxygen atoms in total. The highest BCUT2D eigenvalue weighted by molar-refractivity contribution is 7.98. The molecule has 0 aromatic carbocycles. The average Bonchev–Trinajstić information content (AvgIpc) is 2.36. The molecule has 0 aromatic heterocycles. The van der Waals surface area contributed by atoms with Gasteiger partial charge in [-0.3, -0.25) is 0 Å². The molecule has 2 rings (SSSR count). The van der Waals surface area contributed by atoms with Gasteiger partial charge in [-0.1, -0.05) is 12.8 Å².